The van der Waals surface area contributed by atoms with Crippen LogP contribution in [0.5, 0.6) is 11.5 Å². The van der Waals surface area contributed by atoms with Gasteiger partial charge in [0.25, 0.3) is 0 Å². The molecule has 0 radical (unpaired) electrons. The van der Waals surface area contributed by atoms with Gasteiger partial charge in [-0.05, 0) is 83.0 Å². The van der Waals surface area contributed by atoms with Crippen LogP contribution in [0, 0.1) is 21.0 Å². The minimum atomic E-state index is -4.06. The molecule has 1 fully saturated rings. The van der Waals surface area contributed by atoms with Crippen molar-refractivity contribution in [2.24, 2.45) is 5.14 Å². The quantitative estimate of drug-likeness (QED) is 0.323. The lowest BCUT2D eigenvalue weighted by Gasteiger charge is -2.18. The Hall–Kier alpha value is -2.36. The summed E-state index contributed by atoms with van der Waals surface area (Å²) in [6.45, 7) is 0. The number of nitrogens with one attached hydrogen (secondary N) is 1. The van der Waals surface area contributed by atoms with Gasteiger partial charge in [0.1, 0.15) is 23.2 Å². The Morgan fingerprint density at radius 1 is 0.917 bits per heavy atom. The first-order valence-corrected chi connectivity index (χ1v) is 14.9. The molecule has 13 heteroatoms. The highest BCUT2D eigenvalue weighted by Crippen LogP contribution is 2.39. The predicted molar refractivity (Wildman–Crippen MR) is 137 cm³/mol. The van der Waals surface area contributed by atoms with E-state index in [0.717, 1.165) is 24.3 Å². The van der Waals surface area contributed by atoms with E-state index >= 15 is 0 Å². The number of primary sulfonamides is 1. The maximum absolute atomic E-state index is 14.6. The van der Waals surface area contributed by atoms with Crippen molar-refractivity contribution in [3.63, 3.8) is 0 Å². The topological polar surface area (TPSA) is 116 Å². The number of hydrogen-bond donors (Lipinski definition) is 2. The lowest BCUT2D eigenvalue weighted by atomic mass is 10.0. The highest BCUT2D eigenvalue weighted by molar-refractivity contribution is 14.1. The highest BCUT2D eigenvalue weighted by atomic mass is 127. The zero-order valence-electron chi connectivity index (χ0n) is 18.5. The van der Waals surface area contributed by atoms with Gasteiger partial charge in [-0.1, -0.05) is 6.07 Å². The highest BCUT2D eigenvalue weighted by Gasteiger charge is 2.37. The monoisotopic (exact) mass is 652 g/mol. The lowest BCUT2D eigenvalue weighted by Crippen LogP contribution is -2.19. The van der Waals surface area contributed by atoms with Crippen molar-refractivity contribution in [3.8, 4) is 11.5 Å². The fourth-order valence-electron chi connectivity index (χ4n) is 3.51. The van der Waals surface area contributed by atoms with Crippen LogP contribution in [0.1, 0.15) is 29.5 Å². The van der Waals surface area contributed by atoms with Gasteiger partial charge in [-0.15, -0.1) is 0 Å². The minimum Gasteiger partial charge on any atom is -0.455 e. The Kier molecular flexibility index (Phi) is 7.55. The molecule has 0 spiro atoms. The first kappa shape index (κ1) is 26.7. The molecule has 3 aromatic carbocycles. The molecule has 7 nitrogen and oxygen atoms in total. The Morgan fingerprint density at radius 2 is 1.64 bits per heavy atom. The molecule has 0 aromatic heterocycles. The smallest absolute Gasteiger partial charge is 0.235 e. The van der Waals surface area contributed by atoms with Gasteiger partial charge < -0.3 is 4.74 Å². The van der Waals surface area contributed by atoms with Gasteiger partial charge >= 0.3 is 0 Å². The first-order chi connectivity index (χ1) is 16.8. The van der Waals surface area contributed by atoms with Crippen LogP contribution in [-0.4, -0.2) is 22.1 Å². The van der Waals surface area contributed by atoms with E-state index < -0.39 is 48.5 Å². The summed E-state index contributed by atoms with van der Waals surface area (Å²) in [4.78, 5) is 0. The molecule has 1 aliphatic rings. The van der Waals surface area contributed by atoms with E-state index in [4.69, 9.17) is 9.88 Å². The van der Waals surface area contributed by atoms with Crippen molar-refractivity contribution in [3.05, 3.63) is 86.2 Å². The summed E-state index contributed by atoms with van der Waals surface area (Å²) in [6, 6.07) is 9.67. The molecule has 3 aromatic rings. The molecule has 0 bridgehead atoms. The van der Waals surface area contributed by atoms with Crippen LogP contribution in [0.15, 0.2) is 48.5 Å². The molecule has 0 saturated heterocycles. The van der Waals surface area contributed by atoms with Gasteiger partial charge in [-0.3, -0.25) is 4.72 Å². The van der Waals surface area contributed by atoms with E-state index in [1.165, 1.54) is 18.2 Å². The van der Waals surface area contributed by atoms with E-state index in [9.17, 15) is 30.0 Å². The second-order valence-electron chi connectivity index (χ2n) is 8.36. The molecule has 0 amide bonds. The summed E-state index contributed by atoms with van der Waals surface area (Å²) in [6.07, 6.45) is 0.769. The zero-order valence-corrected chi connectivity index (χ0v) is 22.3. The fraction of sp³-hybridized carbons (Fsp3) is 0.217. The molecule has 0 unspecified atom stereocenters. The van der Waals surface area contributed by atoms with Crippen LogP contribution in [0.25, 0.3) is 0 Å². The minimum absolute atomic E-state index is 0.0843. The second kappa shape index (κ2) is 10.2. The van der Waals surface area contributed by atoms with Gasteiger partial charge in [0.2, 0.25) is 20.0 Å². The average molecular weight is 652 g/mol. The number of nitrogens with two attached hydrogens (primary N) is 1. The van der Waals surface area contributed by atoms with Crippen LogP contribution < -0.4 is 14.6 Å². The van der Waals surface area contributed by atoms with Crippen LogP contribution in [0.2, 0.25) is 0 Å². The summed E-state index contributed by atoms with van der Waals surface area (Å²) in [5.41, 5.74) is -0.0662. The maximum atomic E-state index is 14.6. The van der Waals surface area contributed by atoms with Crippen molar-refractivity contribution in [2.75, 3.05) is 4.72 Å². The molecule has 1 aliphatic carbocycles. The summed E-state index contributed by atoms with van der Waals surface area (Å²) < 4.78 is 100. The molecule has 192 valence electrons. The Balaban J connectivity index is 1.78. The van der Waals surface area contributed by atoms with Crippen molar-refractivity contribution in [1.29, 1.82) is 0 Å². The SMILES string of the molecule is NS(=O)(=O)Cc1cc(Oc2cc(F)cc(Cc3ccc(I)cc3F)c2NS(=O)(=O)C2CC2)ccc1F. The van der Waals surface area contributed by atoms with Crippen LogP contribution in [-0.2, 0) is 32.2 Å². The third kappa shape index (κ3) is 6.69. The Bertz CT molecular complexity index is 1550. The Labute approximate surface area is 220 Å². The lowest BCUT2D eigenvalue weighted by molar-refractivity contribution is 0.475. The number of halogens is 4. The van der Waals surface area contributed by atoms with Gasteiger partial charge in [-0.25, -0.2) is 35.1 Å². The second-order valence-corrected chi connectivity index (χ2v) is 13.2. The number of benzene rings is 3. The van der Waals surface area contributed by atoms with Crippen molar-refractivity contribution in [2.45, 2.75) is 30.3 Å². The van der Waals surface area contributed by atoms with E-state index in [1.807, 2.05) is 22.6 Å². The molecule has 1 saturated carbocycles. The van der Waals surface area contributed by atoms with E-state index in [0.29, 0.717) is 16.4 Å². The third-order valence-electron chi connectivity index (χ3n) is 5.35. The summed E-state index contributed by atoms with van der Waals surface area (Å²) in [5.74, 6) is -3.33. The molecule has 36 heavy (non-hydrogen) atoms. The van der Waals surface area contributed by atoms with Gasteiger partial charge in [-0.2, -0.15) is 0 Å². The molecule has 0 atom stereocenters. The third-order valence-corrected chi connectivity index (χ3v) is 8.58. The van der Waals surface area contributed by atoms with Crippen molar-refractivity contribution in [1.82, 2.24) is 0 Å². The molecule has 0 aliphatic heterocycles. The van der Waals surface area contributed by atoms with Gasteiger partial charge in [0.05, 0.1) is 16.7 Å². The first-order valence-electron chi connectivity index (χ1n) is 10.6. The molecule has 3 N–H and O–H groups in total. The van der Waals surface area contributed by atoms with Crippen LogP contribution in [0.4, 0.5) is 18.9 Å². The maximum Gasteiger partial charge on any atom is 0.235 e. The number of ether oxygens (including phenoxy) is 1. The van der Waals surface area contributed by atoms with Crippen molar-refractivity contribution >= 4 is 48.3 Å². The zero-order chi connectivity index (χ0) is 26.3. The standard InChI is InChI=1S/C23H20F3IN2O5S2/c24-16-8-14(7-13-1-2-17(27)11-21(13)26)23(29-36(32,33)19-4-5-19)22(10-16)34-18-3-6-20(25)15(9-18)12-35(28,30)31/h1-3,6,8-11,19,29H,4-5,7,12H2,(H2,28,30,31). The summed E-state index contributed by atoms with van der Waals surface area (Å²) in [5, 5.41) is 4.39. The number of hydrogen-bond acceptors (Lipinski definition) is 5. The number of sulfonamides is 2. The van der Waals surface area contributed by atoms with E-state index in [1.54, 1.807) is 6.07 Å². The number of anilines is 1. The normalized spacial score (nSPS) is 14.0. The molecular weight excluding hydrogens is 632 g/mol. The van der Waals surface area contributed by atoms with E-state index in [2.05, 4.69) is 4.72 Å². The predicted octanol–water partition coefficient (Wildman–Crippen LogP) is 4.78. The van der Waals surface area contributed by atoms with Crippen molar-refractivity contribution < 1.29 is 34.7 Å². The van der Waals surface area contributed by atoms with E-state index in [-0.39, 0.29) is 40.3 Å². The van der Waals surface area contributed by atoms with Gasteiger partial charge in [0.15, 0.2) is 5.75 Å². The van der Waals surface area contributed by atoms with Crippen LogP contribution in [0.3, 0.4) is 0 Å². The number of rotatable bonds is 9. The van der Waals surface area contributed by atoms with Crippen LogP contribution >= 0.6 is 22.6 Å². The summed E-state index contributed by atoms with van der Waals surface area (Å²) in [7, 11) is -7.90. The molecule has 4 rings (SSSR count). The largest absolute Gasteiger partial charge is 0.455 e. The summed E-state index contributed by atoms with van der Waals surface area (Å²) >= 11 is 1.94. The Morgan fingerprint density at radius 3 is 2.28 bits per heavy atom. The fourth-order valence-corrected chi connectivity index (χ4v) is 6.06. The molecule has 0 heterocycles. The average Bonchev–Trinajstić information content (AvgIpc) is 3.60. The molecular formula is C23H20F3IN2O5S2. The van der Waals surface area contributed by atoms with Gasteiger partial charge in [0, 0.05) is 21.6 Å².